The van der Waals surface area contributed by atoms with Crippen molar-refractivity contribution >= 4 is 58.4 Å². The molecule has 3 N–H and O–H groups in total. The lowest BCUT2D eigenvalue weighted by molar-refractivity contribution is -0.276. The average Bonchev–Trinajstić information content (AvgIpc) is 2.17. The molecule has 4 aromatic rings. The zero-order valence-electron chi connectivity index (χ0n) is 43.4. The Labute approximate surface area is 478 Å². The van der Waals surface area contributed by atoms with E-state index >= 15 is 0 Å². The van der Waals surface area contributed by atoms with E-state index in [0.29, 0.717) is 53.1 Å². The molecule has 4 amide bonds. The first kappa shape index (κ1) is 66.9. The fourth-order valence-corrected chi connectivity index (χ4v) is 9.58. The van der Waals surface area contributed by atoms with Crippen LogP contribution >= 0.6 is 23.2 Å². The van der Waals surface area contributed by atoms with E-state index in [-0.39, 0.29) is 70.9 Å². The SMILES string of the molecule is Cc1cc(C2=NOC(c3cc(Cl)cc(C(F)(F)F)c3)(C(F)(F)F)C2)ccc1C(=O)CN1CCCN(CC(F)(F)F)C1=O.Cc1cc(C2=NOC(c3cc(Cl)cc(C(F)(F)F)c3)(C(F)(F)F)C2)ccc1C(=O)O.NN1CCCN(CC(F)(F)F)C1=O. The molecule has 0 radical (unpaired) electrons. The van der Waals surface area contributed by atoms with Crippen molar-refractivity contribution in [2.45, 2.75) is 87.8 Å². The number of aromatic carboxylic acids is 1. The molecular weight excluding hydrogens is 1240 g/mol. The summed E-state index contributed by atoms with van der Waals surface area (Å²) in [4.78, 5) is 59.3. The molecule has 34 heteroatoms. The number of nitrogens with two attached hydrogens (primary N) is 1. The van der Waals surface area contributed by atoms with Crippen molar-refractivity contribution in [1.29, 1.82) is 0 Å². The van der Waals surface area contributed by atoms with Gasteiger partial charge in [-0.05, 0) is 104 Å². The van der Waals surface area contributed by atoms with E-state index in [9.17, 15) is 98.2 Å². The van der Waals surface area contributed by atoms with Gasteiger partial charge in [-0.1, -0.05) is 51.7 Å². The number of Topliss-reactive ketones (excluding diaryl/α,β-unsaturated/α-hetero) is 1. The fourth-order valence-electron chi connectivity index (χ4n) is 9.11. The van der Waals surface area contributed by atoms with Crippen LogP contribution in [-0.2, 0) is 33.2 Å². The van der Waals surface area contributed by atoms with E-state index in [0.717, 1.165) is 16.0 Å². The summed E-state index contributed by atoms with van der Waals surface area (Å²) in [5, 5.41) is 15.7. The number of hydrogen-bond acceptors (Lipinski definition) is 9. The van der Waals surface area contributed by atoms with Gasteiger partial charge in [-0.25, -0.2) is 20.2 Å². The smallest absolute Gasteiger partial charge is 0.435 e. The Balaban J connectivity index is 0.000000233. The lowest BCUT2D eigenvalue weighted by Crippen LogP contribution is -2.54. The number of carboxylic acids is 1. The maximum Gasteiger partial charge on any atom is 0.435 e. The number of oxime groups is 2. The number of ketones is 1. The quantitative estimate of drug-likeness (QED) is 0.0684. The second kappa shape index (κ2) is 24.6. The third kappa shape index (κ3) is 15.8. The summed E-state index contributed by atoms with van der Waals surface area (Å²) in [5.74, 6) is 3.33. The van der Waals surface area contributed by atoms with E-state index in [1.54, 1.807) is 0 Å². The van der Waals surface area contributed by atoms with E-state index in [4.69, 9.17) is 43.8 Å². The molecule has 0 saturated carbocycles. The molecule has 4 aromatic carbocycles. The summed E-state index contributed by atoms with van der Waals surface area (Å²) in [6.45, 7) is 0.0676. The number of rotatable bonds is 10. The number of hydrazine groups is 1. The predicted octanol–water partition coefficient (Wildman–Crippen LogP) is 13.6. The number of nitrogens with zero attached hydrogens (tertiary/aromatic N) is 6. The largest absolute Gasteiger partial charge is 0.478 e. The van der Waals surface area contributed by atoms with Crippen LogP contribution in [0, 0.1) is 13.8 Å². The van der Waals surface area contributed by atoms with Crippen LogP contribution in [0.4, 0.5) is 88.6 Å². The Morgan fingerprint density at radius 3 is 1.33 bits per heavy atom. The van der Waals surface area contributed by atoms with Crippen LogP contribution in [0.5, 0.6) is 0 Å². The van der Waals surface area contributed by atoms with Gasteiger partial charge in [0.05, 0.1) is 34.7 Å². The standard InChI is InChI=1S/C26H21ClF9N3O3.C19H12ClF6NO3.C6H10F3N3O/c1-14-7-15(3-4-19(14)21(40)12-38-5-2-6-39(22(38)41)13-24(28,29)30)20-11-23(42-37-20,26(34,35)36)16-8-17(25(31,32)33)10-18(27)9-16;1-9-4-10(2-3-14(9)16(28)29)15-8-17(30-27-15,19(24,25)26)11-5-12(18(21,22)23)7-13(20)6-11;7-6(8,9)4-11-2-1-3-12(10)5(11)13/h3-4,7-10H,2,5-6,11-13H2,1H3;2-7H,8H2,1H3,(H,28,29);1-4,10H2. The van der Waals surface area contributed by atoms with E-state index in [1.807, 2.05) is 0 Å². The summed E-state index contributed by atoms with van der Waals surface area (Å²) < 4.78 is 238. The van der Waals surface area contributed by atoms with Gasteiger partial charge in [-0.2, -0.15) is 79.0 Å². The highest BCUT2D eigenvalue weighted by atomic mass is 35.5. The predicted molar refractivity (Wildman–Crippen MR) is 264 cm³/mol. The highest BCUT2D eigenvalue weighted by Crippen LogP contribution is 2.52. The summed E-state index contributed by atoms with van der Waals surface area (Å²) in [6.07, 6.45) is -30.4. The minimum Gasteiger partial charge on any atom is -0.478 e. The Kier molecular flexibility index (Phi) is 19.4. The van der Waals surface area contributed by atoms with Crippen LogP contribution in [0.2, 0.25) is 10.0 Å². The molecular formula is C51H43Cl2F18N7O7. The molecule has 4 aliphatic heterocycles. The second-order valence-electron chi connectivity index (χ2n) is 19.5. The molecule has 2 saturated heterocycles. The van der Waals surface area contributed by atoms with E-state index in [2.05, 4.69) is 10.3 Å². The number of hydrogen-bond donors (Lipinski definition) is 2. The number of aryl methyl sites for hydroxylation is 2. The van der Waals surface area contributed by atoms with Gasteiger partial charge in [-0.15, -0.1) is 0 Å². The van der Waals surface area contributed by atoms with Crippen LogP contribution in [0.15, 0.2) is 83.1 Å². The zero-order chi connectivity index (χ0) is 63.8. The maximum absolute atomic E-state index is 14.3. The van der Waals surface area contributed by atoms with Crippen molar-refractivity contribution in [1.82, 2.24) is 19.7 Å². The molecule has 8 rings (SSSR count). The Bertz CT molecular complexity index is 3260. The number of urea groups is 2. The number of halogens is 20. The van der Waals surface area contributed by atoms with Crippen molar-refractivity contribution in [3.63, 3.8) is 0 Å². The van der Waals surface area contributed by atoms with E-state index < -0.39 is 137 Å². The molecule has 0 spiro atoms. The van der Waals surface area contributed by atoms with Gasteiger partial charge >= 0.3 is 55.1 Å². The highest BCUT2D eigenvalue weighted by Gasteiger charge is 2.64. The Hall–Kier alpha value is -7.22. The molecule has 0 aliphatic carbocycles. The summed E-state index contributed by atoms with van der Waals surface area (Å²) in [7, 11) is 0. The molecule has 4 aliphatic rings. The number of carboxylic acid groups (broad SMARTS) is 1. The molecule has 14 nitrogen and oxygen atoms in total. The maximum atomic E-state index is 14.3. The minimum atomic E-state index is -5.21. The van der Waals surface area contributed by atoms with Crippen LogP contribution in [0.25, 0.3) is 0 Å². The van der Waals surface area contributed by atoms with Gasteiger partial charge in [0.15, 0.2) is 5.78 Å². The molecule has 2 atom stereocenters. The first-order valence-electron chi connectivity index (χ1n) is 24.3. The van der Waals surface area contributed by atoms with Crippen molar-refractivity contribution in [2.24, 2.45) is 16.2 Å². The average molecular weight is 1280 g/mol. The molecule has 0 bridgehead atoms. The van der Waals surface area contributed by atoms with Gasteiger partial charge in [0.25, 0.3) is 11.2 Å². The Morgan fingerprint density at radius 1 is 0.565 bits per heavy atom. The van der Waals surface area contributed by atoms with Crippen LogP contribution in [0.1, 0.15) is 90.9 Å². The molecule has 4 heterocycles. The first-order chi connectivity index (χ1) is 38.9. The molecule has 0 aromatic heterocycles. The topological polar surface area (TPSA) is 171 Å². The number of alkyl halides is 18. The summed E-state index contributed by atoms with van der Waals surface area (Å²) in [6, 6.07) is 8.97. The van der Waals surface area contributed by atoms with Gasteiger partial charge < -0.3 is 29.5 Å². The van der Waals surface area contributed by atoms with Crippen molar-refractivity contribution in [3.05, 3.63) is 138 Å². The summed E-state index contributed by atoms with van der Waals surface area (Å²) in [5.41, 5.74) is -10.6. The molecule has 2 unspecified atom stereocenters. The summed E-state index contributed by atoms with van der Waals surface area (Å²) >= 11 is 11.4. The zero-order valence-corrected chi connectivity index (χ0v) is 44.9. The number of amides is 4. The minimum absolute atomic E-state index is 0.0509. The number of benzene rings is 4. The van der Waals surface area contributed by atoms with Crippen molar-refractivity contribution in [3.8, 4) is 0 Å². The van der Waals surface area contributed by atoms with E-state index in [1.165, 1.54) is 50.2 Å². The first-order valence-corrected chi connectivity index (χ1v) is 25.1. The van der Waals surface area contributed by atoms with Crippen molar-refractivity contribution < 1.29 is 113 Å². The second-order valence-corrected chi connectivity index (χ2v) is 20.3. The van der Waals surface area contributed by atoms with Crippen LogP contribution < -0.4 is 5.84 Å². The molecule has 464 valence electrons. The number of carbonyl (C=O) groups excluding carboxylic acids is 3. The number of carbonyl (C=O) groups is 4. The molecule has 2 fully saturated rings. The monoisotopic (exact) mass is 1280 g/mol. The fraction of sp³-hybridized carbons (Fsp3) is 0.412. The van der Waals surface area contributed by atoms with Crippen molar-refractivity contribution in [2.75, 3.05) is 45.8 Å². The van der Waals surface area contributed by atoms with Gasteiger partial charge in [0.2, 0.25) is 0 Å². The van der Waals surface area contributed by atoms with Gasteiger partial charge in [0.1, 0.15) is 13.1 Å². The lowest BCUT2D eigenvalue weighted by Gasteiger charge is -2.35. The lowest BCUT2D eigenvalue weighted by atomic mass is 9.85. The van der Waals surface area contributed by atoms with Gasteiger partial charge in [0, 0.05) is 65.8 Å². The molecule has 85 heavy (non-hydrogen) atoms. The third-order valence-electron chi connectivity index (χ3n) is 13.2. The normalized spacial score (nSPS) is 19.8. The third-order valence-corrected chi connectivity index (χ3v) is 13.7. The highest BCUT2D eigenvalue weighted by molar-refractivity contribution is 6.31. The van der Waals surface area contributed by atoms with Crippen LogP contribution in [-0.4, -0.2) is 131 Å². The Morgan fingerprint density at radius 2 is 0.953 bits per heavy atom. The van der Waals surface area contributed by atoms with Crippen LogP contribution in [0.3, 0.4) is 0 Å². The van der Waals surface area contributed by atoms with Gasteiger partial charge in [-0.3, -0.25) is 9.80 Å².